The molecule has 1 aliphatic rings. The number of esters is 1. The highest BCUT2D eigenvalue weighted by Gasteiger charge is 2.24. The van der Waals surface area contributed by atoms with Crippen molar-refractivity contribution in [3.8, 4) is 5.75 Å². The average Bonchev–Trinajstić information content (AvgIpc) is 3.36. The van der Waals surface area contributed by atoms with E-state index in [0.29, 0.717) is 11.3 Å². The van der Waals surface area contributed by atoms with Gasteiger partial charge in [-0.05, 0) is 37.5 Å². The van der Waals surface area contributed by atoms with Gasteiger partial charge in [-0.3, -0.25) is 9.59 Å². The molecule has 1 aliphatic carbocycles. The monoisotopic (exact) mass is 334 g/mol. The molecular weight excluding hydrogens is 312 g/mol. The number of methoxy groups -OCH3 is 1. The topological polar surface area (TPSA) is 84.9 Å². The second-order valence-electron chi connectivity index (χ2n) is 5.85. The molecule has 0 bridgehead atoms. The molecule has 2 rings (SSSR count). The Morgan fingerprint density at radius 3 is 2.62 bits per heavy atom. The van der Waals surface area contributed by atoms with E-state index in [1.165, 1.54) is 19.1 Å². The van der Waals surface area contributed by atoms with Gasteiger partial charge in [0.2, 0.25) is 5.91 Å². The Bertz CT molecular complexity index is 640. The summed E-state index contributed by atoms with van der Waals surface area (Å²) >= 11 is 0. The molecule has 0 unspecified atom stereocenters. The number of nitrogens with zero attached hydrogens (tertiary/aromatic N) is 1. The summed E-state index contributed by atoms with van der Waals surface area (Å²) in [6.07, 6.45) is 1.97. The van der Waals surface area contributed by atoms with Gasteiger partial charge in [0.1, 0.15) is 5.75 Å². The van der Waals surface area contributed by atoms with Crippen LogP contribution >= 0.6 is 0 Å². The van der Waals surface area contributed by atoms with E-state index in [2.05, 4.69) is 5.32 Å². The van der Waals surface area contributed by atoms with Gasteiger partial charge in [-0.25, -0.2) is 4.79 Å². The molecule has 0 aromatic heterocycles. The Kier molecular flexibility index (Phi) is 5.78. The van der Waals surface area contributed by atoms with Crippen LogP contribution in [0.4, 0.5) is 0 Å². The molecule has 1 N–H and O–H groups in total. The van der Waals surface area contributed by atoms with Gasteiger partial charge in [-0.15, -0.1) is 0 Å². The Hall–Kier alpha value is -2.57. The number of carbonyl (C=O) groups excluding carboxylic acids is 3. The summed E-state index contributed by atoms with van der Waals surface area (Å²) in [7, 11) is 3.01. The van der Waals surface area contributed by atoms with Crippen LogP contribution in [0.5, 0.6) is 5.75 Å². The fraction of sp³-hybridized carbons (Fsp3) is 0.471. The lowest BCUT2D eigenvalue weighted by molar-refractivity contribution is -0.137. The maximum Gasteiger partial charge on any atom is 0.338 e. The number of likely N-dealkylation sites (N-methyl/N-ethyl adjacent to an activating group) is 1. The predicted molar refractivity (Wildman–Crippen MR) is 86.8 cm³/mol. The van der Waals surface area contributed by atoms with Gasteiger partial charge in [0.25, 0.3) is 5.91 Å². The molecule has 7 heteroatoms. The van der Waals surface area contributed by atoms with Crippen LogP contribution in [0, 0.1) is 6.92 Å². The molecule has 1 aromatic rings. The van der Waals surface area contributed by atoms with Crippen molar-refractivity contribution in [2.45, 2.75) is 25.8 Å². The van der Waals surface area contributed by atoms with Gasteiger partial charge in [-0.2, -0.15) is 0 Å². The zero-order chi connectivity index (χ0) is 17.7. The quantitative estimate of drug-likeness (QED) is 0.749. The maximum absolute atomic E-state index is 12.0. The van der Waals surface area contributed by atoms with Crippen molar-refractivity contribution in [1.29, 1.82) is 0 Å². The van der Waals surface area contributed by atoms with Gasteiger partial charge < -0.3 is 19.7 Å². The molecule has 1 aromatic carbocycles. The third-order valence-corrected chi connectivity index (χ3v) is 3.72. The molecule has 130 valence electrons. The lowest BCUT2D eigenvalue weighted by atomic mass is 10.1. The first-order valence-electron chi connectivity index (χ1n) is 7.75. The van der Waals surface area contributed by atoms with Gasteiger partial charge in [0.15, 0.2) is 6.61 Å². The number of rotatable bonds is 7. The third-order valence-electron chi connectivity index (χ3n) is 3.72. The molecule has 2 amide bonds. The first kappa shape index (κ1) is 17.8. The van der Waals surface area contributed by atoms with Crippen LogP contribution in [0.1, 0.15) is 28.8 Å². The Labute approximate surface area is 140 Å². The van der Waals surface area contributed by atoms with Crippen LogP contribution in [0.25, 0.3) is 0 Å². The normalized spacial score (nSPS) is 13.1. The second kappa shape index (κ2) is 7.81. The predicted octanol–water partition coefficient (Wildman–Crippen LogP) is 0.897. The van der Waals surface area contributed by atoms with E-state index >= 15 is 0 Å². The van der Waals surface area contributed by atoms with Gasteiger partial charge in [0.05, 0.1) is 19.2 Å². The van der Waals surface area contributed by atoms with Crippen LogP contribution < -0.4 is 10.1 Å². The summed E-state index contributed by atoms with van der Waals surface area (Å²) in [4.78, 5) is 36.8. The van der Waals surface area contributed by atoms with Crippen molar-refractivity contribution in [3.63, 3.8) is 0 Å². The van der Waals surface area contributed by atoms with E-state index in [-0.39, 0.29) is 18.5 Å². The summed E-state index contributed by atoms with van der Waals surface area (Å²) in [6, 6.07) is 5.16. The minimum Gasteiger partial charge on any atom is -0.496 e. The molecule has 0 saturated heterocycles. The van der Waals surface area contributed by atoms with Crippen molar-refractivity contribution in [3.05, 3.63) is 29.3 Å². The summed E-state index contributed by atoms with van der Waals surface area (Å²) in [5, 5.41) is 2.79. The van der Waals surface area contributed by atoms with Gasteiger partial charge in [0, 0.05) is 13.1 Å². The van der Waals surface area contributed by atoms with Crippen molar-refractivity contribution in [2.24, 2.45) is 0 Å². The average molecular weight is 334 g/mol. The molecule has 24 heavy (non-hydrogen) atoms. The Morgan fingerprint density at radius 1 is 1.29 bits per heavy atom. The summed E-state index contributed by atoms with van der Waals surface area (Å²) in [5.74, 6) is -0.682. The minimum absolute atomic E-state index is 0.0504. The van der Waals surface area contributed by atoms with Crippen LogP contribution in [-0.2, 0) is 14.3 Å². The number of aryl methyl sites for hydroxylation is 1. The smallest absolute Gasteiger partial charge is 0.338 e. The summed E-state index contributed by atoms with van der Waals surface area (Å²) in [6.45, 7) is 1.40. The Balaban J connectivity index is 1.81. The molecule has 0 spiro atoms. The highest BCUT2D eigenvalue weighted by atomic mass is 16.5. The highest BCUT2D eigenvalue weighted by Crippen LogP contribution is 2.19. The fourth-order valence-corrected chi connectivity index (χ4v) is 2.07. The van der Waals surface area contributed by atoms with Crippen molar-refractivity contribution in [1.82, 2.24) is 10.2 Å². The van der Waals surface area contributed by atoms with E-state index in [1.54, 1.807) is 18.2 Å². The molecule has 7 nitrogen and oxygen atoms in total. The minimum atomic E-state index is -0.613. The zero-order valence-corrected chi connectivity index (χ0v) is 14.1. The first-order chi connectivity index (χ1) is 11.4. The second-order valence-corrected chi connectivity index (χ2v) is 5.85. The van der Waals surface area contributed by atoms with E-state index < -0.39 is 18.5 Å². The lowest BCUT2D eigenvalue weighted by Crippen LogP contribution is -2.40. The maximum atomic E-state index is 12.0. The first-order valence-corrected chi connectivity index (χ1v) is 7.75. The van der Waals surface area contributed by atoms with E-state index in [4.69, 9.17) is 9.47 Å². The highest BCUT2D eigenvalue weighted by molar-refractivity contribution is 5.92. The van der Waals surface area contributed by atoms with E-state index in [9.17, 15) is 14.4 Å². The Morgan fingerprint density at radius 2 is 2.00 bits per heavy atom. The zero-order valence-electron chi connectivity index (χ0n) is 14.1. The number of hydrogen-bond acceptors (Lipinski definition) is 5. The van der Waals surface area contributed by atoms with Crippen LogP contribution in [0.3, 0.4) is 0 Å². The van der Waals surface area contributed by atoms with Gasteiger partial charge in [-0.1, -0.05) is 6.07 Å². The number of hydrogen-bond donors (Lipinski definition) is 1. The molecular formula is C17H22N2O5. The van der Waals surface area contributed by atoms with Crippen molar-refractivity contribution in [2.75, 3.05) is 27.3 Å². The fourth-order valence-electron chi connectivity index (χ4n) is 2.07. The van der Waals surface area contributed by atoms with Gasteiger partial charge >= 0.3 is 5.97 Å². The number of ether oxygens (including phenoxy) is 2. The standard InChI is InChI=1S/C17H22N2O5/c1-11-4-5-12(8-14(11)23-3)17(22)24-10-16(21)19(2)9-15(20)18-13-6-7-13/h4-5,8,13H,6-7,9-10H2,1-3H3,(H,18,20). The van der Waals surface area contributed by atoms with E-state index in [1.807, 2.05) is 6.92 Å². The van der Waals surface area contributed by atoms with Crippen molar-refractivity contribution < 1.29 is 23.9 Å². The van der Waals surface area contributed by atoms with Crippen LogP contribution in [-0.4, -0.2) is 56.0 Å². The van der Waals surface area contributed by atoms with Crippen molar-refractivity contribution >= 4 is 17.8 Å². The number of amides is 2. The molecule has 0 aliphatic heterocycles. The summed E-state index contributed by atoms with van der Waals surface area (Å²) < 4.78 is 10.2. The molecule has 0 atom stereocenters. The number of nitrogens with one attached hydrogen (secondary N) is 1. The molecule has 0 heterocycles. The third kappa shape index (κ3) is 4.97. The van der Waals surface area contributed by atoms with Crippen LogP contribution in [0.15, 0.2) is 18.2 Å². The number of carbonyl (C=O) groups is 3. The molecule has 1 fully saturated rings. The lowest BCUT2D eigenvalue weighted by Gasteiger charge is -2.16. The largest absolute Gasteiger partial charge is 0.496 e. The van der Waals surface area contributed by atoms with Crippen LogP contribution in [0.2, 0.25) is 0 Å². The summed E-state index contributed by atoms with van der Waals surface area (Å²) in [5.41, 5.74) is 1.20. The molecule has 0 radical (unpaired) electrons. The number of benzene rings is 1. The molecule has 1 saturated carbocycles. The van der Waals surface area contributed by atoms with E-state index in [0.717, 1.165) is 18.4 Å². The SMILES string of the molecule is COc1cc(C(=O)OCC(=O)N(C)CC(=O)NC2CC2)ccc1C.